The number of aromatic amines is 1. The lowest BCUT2D eigenvalue weighted by atomic mass is 9.78. The number of aromatic nitrogens is 4. The summed E-state index contributed by atoms with van der Waals surface area (Å²) in [4.78, 5) is 20.2. The Morgan fingerprint density at radius 3 is 2.45 bits per heavy atom. The molecule has 0 unspecified atom stereocenters. The van der Waals surface area contributed by atoms with Crippen LogP contribution in [-0.4, -0.2) is 60.3 Å². The maximum Gasteiger partial charge on any atom is 0.267 e. The molecule has 2 saturated heterocycles. The zero-order chi connectivity index (χ0) is 23.0. The second kappa shape index (κ2) is 8.45. The Morgan fingerprint density at radius 2 is 1.82 bits per heavy atom. The van der Waals surface area contributed by atoms with Gasteiger partial charge < -0.3 is 19.1 Å². The lowest BCUT2D eigenvalue weighted by Gasteiger charge is -2.39. The number of piperidine rings is 1. The van der Waals surface area contributed by atoms with Gasteiger partial charge >= 0.3 is 0 Å². The van der Waals surface area contributed by atoms with Crippen molar-refractivity contribution >= 4 is 17.0 Å². The number of hydrogen-bond acceptors (Lipinski definition) is 7. The zero-order valence-electron chi connectivity index (χ0n) is 19.1. The fourth-order valence-electron chi connectivity index (χ4n) is 4.66. The highest BCUT2D eigenvalue weighted by Gasteiger charge is 2.38. The summed E-state index contributed by atoms with van der Waals surface area (Å²) in [7, 11) is 4.93. The number of anilines is 1. The number of nitrogens with one attached hydrogen (secondary N) is 1. The number of benzene rings is 1. The first-order valence-electron chi connectivity index (χ1n) is 11.0. The van der Waals surface area contributed by atoms with Gasteiger partial charge in [0.05, 0.1) is 20.8 Å². The van der Waals surface area contributed by atoms with Gasteiger partial charge in [-0.05, 0) is 42.7 Å². The van der Waals surface area contributed by atoms with Gasteiger partial charge in [-0.25, -0.2) is 0 Å². The lowest BCUT2D eigenvalue weighted by molar-refractivity contribution is 0.133. The standard InChI is InChI=1S/C24H27N5O4/c1-28-22(30)20-19(5-4-16-12-17(31-2)14-18(13-16)32-3)26-27-21(20)25-23(28)29-9-6-24(7-10-29)8-11-33-15-24/h12-14H,6-11,15H2,1-3H3,(H,26,27). The van der Waals surface area contributed by atoms with Gasteiger partial charge in [-0.2, -0.15) is 10.1 Å². The Kier molecular flexibility index (Phi) is 5.46. The number of fused-ring (bicyclic) bond motifs is 1. The molecule has 0 amide bonds. The summed E-state index contributed by atoms with van der Waals surface area (Å²) in [5.41, 5.74) is 1.64. The molecule has 5 rings (SSSR count). The molecule has 2 fully saturated rings. The van der Waals surface area contributed by atoms with Crippen molar-refractivity contribution in [2.75, 3.05) is 45.4 Å². The molecule has 0 bridgehead atoms. The largest absolute Gasteiger partial charge is 0.497 e. The van der Waals surface area contributed by atoms with Crippen LogP contribution < -0.4 is 19.9 Å². The van der Waals surface area contributed by atoms with Crippen molar-refractivity contribution in [1.29, 1.82) is 0 Å². The van der Waals surface area contributed by atoms with Crippen LogP contribution in [0.5, 0.6) is 11.5 Å². The molecule has 33 heavy (non-hydrogen) atoms. The van der Waals surface area contributed by atoms with E-state index in [9.17, 15) is 4.79 Å². The molecule has 2 aliphatic rings. The molecule has 172 valence electrons. The number of hydrogen-bond donors (Lipinski definition) is 1. The maximum absolute atomic E-state index is 13.2. The van der Waals surface area contributed by atoms with Crippen LogP contribution in [0.4, 0.5) is 5.95 Å². The first-order chi connectivity index (χ1) is 16.0. The molecule has 0 saturated carbocycles. The third-order valence-electron chi connectivity index (χ3n) is 6.75. The van der Waals surface area contributed by atoms with Crippen LogP contribution in [0.3, 0.4) is 0 Å². The van der Waals surface area contributed by atoms with E-state index in [-0.39, 0.29) is 5.56 Å². The van der Waals surface area contributed by atoms with Crippen LogP contribution in [0, 0.1) is 17.3 Å². The van der Waals surface area contributed by atoms with E-state index in [1.165, 1.54) is 0 Å². The molecule has 9 nitrogen and oxygen atoms in total. The van der Waals surface area contributed by atoms with E-state index in [2.05, 4.69) is 26.9 Å². The van der Waals surface area contributed by atoms with Crippen LogP contribution in [-0.2, 0) is 11.8 Å². The molecule has 3 aromatic rings. The zero-order valence-corrected chi connectivity index (χ0v) is 19.1. The van der Waals surface area contributed by atoms with E-state index >= 15 is 0 Å². The van der Waals surface area contributed by atoms with Crippen LogP contribution in [0.25, 0.3) is 11.0 Å². The smallest absolute Gasteiger partial charge is 0.267 e. The molecule has 1 aromatic carbocycles. The van der Waals surface area contributed by atoms with Gasteiger partial charge in [-0.3, -0.25) is 14.5 Å². The van der Waals surface area contributed by atoms with Crippen LogP contribution in [0.15, 0.2) is 23.0 Å². The molecule has 9 heteroatoms. The second-order valence-electron chi connectivity index (χ2n) is 8.71. The topological polar surface area (TPSA) is 94.5 Å². The Labute approximate surface area is 191 Å². The number of H-pyrrole nitrogens is 1. The summed E-state index contributed by atoms with van der Waals surface area (Å²) in [5, 5.41) is 7.55. The summed E-state index contributed by atoms with van der Waals surface area (Å²) < 4.78 is 17.8. The molecule has 2 aromatic heterocycles. The number of nitrogens with zero attached hydrogens (tertiary/aromatic N) is 4. The Bertz CT molecular complexity index is 1280. The predicted molar refractivity (Wildman–Crippen MR) is 124 cm³/mol. The van der Waals surface area contributed by atoms with Crippen molar-refractivity contribution in [1.82, 2.24) is 19.7 Å². The second-order valence-corrected chi connectivity index (χ2v) is 8.71. The van der Waals surface area contributed by atoms with Crippen molar-refractivity contribution in [3.63, 3.8) is 0 Å². The SMILES string of the molecule is COc1cc(C#Cc2n[nH]c3nc(N4CCC5(CCOC5)CC4)n(C)c(=O)c23)cc(OC)c1. The average Bonchev–Trinajstić information content (AvgIpc) is 3.47. The Balaban J connectivity index is 1.45. The van der Waals surface area contributed by atoms with E-state index in [0.717, 1.165) is 45.6 Å². The van der Waals surface area contributed by atoms with Gasteiger partial charge in [0.1, 0.15) is 16.9 Å². The number of rotatable bonds is 3. The van der Waals surface area contributed by atoms with Crippen molar-refractivity contribution in [2.45, 2.75) is 19.3 Å². The molecular formula is C24H27N5O4. The summed E-state index contributed by atoms with van der Waals surface area (Å²) in [6, 6.07) is 5.38. The highest BCUT2D eigenvalue weighted by Crippen LogP contribution is 2.39. The molecular weight excluding hydrogens is 422 g/mol. The van der Waals surface area contributed by atoms with Gasteiger partial charge in [0.15, 0.2) is 11.3 Å². The minimum Gasteiger partial charge on any atom is -0.497 e. The first-order valence-corrected chi connectivity index (χ1v) is 11.0. The average molecular weight is 450 g/mol. The molecule has 1 spiro atoms. The molecule has 2 aliphatic heterocycles. The molecule has 0 atom stereocenters. The quantitative estimate of drug-likeness (QED) is 0.612. The molecule has 4 heterocycles. The highest BCUT2D eigenvalue weighted by atomic mass is 16.5. The fourth-order valence-corrected chi connectivity index (χ4v) is 4.66. The molecule has 1 N–H and O–H groups in total. The summed E-state index contributed by atoms with van der Waals surface area (Å²) in [6.07, 6.45) is 3.21. The maximum atomic E-state index is 13.2. The monoisotopic (exact) mass is 449 g/mol. The van der Waals surface area contributed by atoms with E-state index in [4.69, 9.17) is 19.2 Å². The van der Waals surface area contributed by atoms with Crippen LogP contribution in [0.1, 0.15) is 30.5 Å². The van der Waals surface area contributed by atoms with Crippen molar-refractivity contribution < 1.29 is 14.2 Å². The Hall–Kier alpha value is -3.51. The van der Waals surface area contributed by atoms with E-state index in [0.29, 0.717) is 45.2 Å². The minimum absolute atomic E-state index is 0.166. The van der Waals surface area contributed by atoms with E-state index in [1.807, 2.05) is 0 Å². The summed E-state index contributed by atoms with van der Waals surface area (Å²) >= 11 is 0. The van der Waals surface area contributed by atoms with Crippen molar-refractivity contribution in [2.24, 2.45) is 12.5 Å². The molecule has 0 aliphatic carbocycles. The minimum atomic E-state index is -0.166. The fraction of sp³-hybridized carbons (Fsp3) is 0.458. The molecule has 0 radical (unpaired) electrons. The summed E-state index contributed by atoms with van der Waals surface area (Å²) in [5.74, 6) is 7.99. The summed E-state index contributed by atoms with van der Waals surface area (Å²) in [6.45, 7) is 3.40. The van der Waals surface area contributed by atoms with Crippen molar-refractivity contribution in [3.05, 3.63) is 39.8 Å². The van der Waals surface area contributed by atoms with Gasteiger partial charge in [-0.15, -0.1) is 0 Å². The van der Waals surface area contributed by atoms with E-state index in [1.54, 1.807) is 44.0 Å². The van der Waals surface area contributed by atoms with Gasteiger partial charge in [0.25, 0.3) is 5.56 Å². The predicted octanol–water partition coefficient (Wildman–Crippen LogP) is 2.08. The van der Waals surface area contributed by atoms with Gasteiger partial charge in [0.2, 0.25) is 5.95 Å². The van der Waals surface area contributed by atoms with Gasteiger partial charge in [-0.1, -0.05) is 5.92 Å². The third-order valence-corrected chi connectivity index (χ3v) is 6.75. The first kappa shape index (κ1) is 21.3. The van der Waals surface area contributed by atoms with Crippen LogP contribution in [0.2, 0.25) is 0 Å². The van der Waals surface area contributed by atoms with Crippen molar-refractivity contribution in [3.8, 4) is 23.3 Å². The number of methoxy groups -OCH3 is 2. The van der Waals surface area contributed by atoms with E-state index < -0.39 is 0 Å². The highest BCUT2D eigenvalue weighted by molar-refractivity contribution is 5.81. The van der Waals surface area contributed by atoms with Gasteiger partial charge in [0, 0.05) is 38.4 Å². The number of ether oxygens (including phenoxy) is 3. The van der Waals surface area contributed by atoms with Crippen LogP contribution >= 0.6 is 0 Å². The Morgan fingerprint density at radius 1 is 1.09 bits per heavy atom. The normalized spacial score (nSPS) is 17.2. The lowest BCUT2D eigenvalue weighted by Crippen LogP contribution is -2.43. The third kappa shape index (κ3) is 3.91.